The first-order valence-electron chi connectivity index (χ1n) is 8.18. The fraction of sp³-hybridized carbons (Fsp3) is 0.250. The Morgan fingerprint density at radius 3 is 2.58 bits per heavy atom. The Kier molecular flexibility index (Phi) is 5.68. The molecule has 0 bridgehead atoms. The highest BCUT2D eigenvalue weighted by atomic mass is 35.5. The van der Waals surface area contributed by atoms with Crippen molar-refractivity contribution in [3.63, 3.8) is 0 Å². The van der Waals surface area contributed by atoms with Crippen LogP contribution in [0.3, 0.4) is 0 Å². The van der Waals surface area contributed by atoms with E-state index >= 15 is 0 Å². The number of carbonyl (C=O) groups is 1. The molecule has 0 fully saturated rings. The van der Waals surface area contributed by atoms with Gasteiger partial charge < -0.3 is 5.32 Å². The van der Waals surface area contributed by atoms with Crippen molar-refractivity contribution >= 4 is 17.5 Å². The molecule has 1 heterocycles. The molecule has 0 spiro atoms. The van der Waals surface area contributed by atoms with Gasteiger partial charge >= 0.3 is 0 Å². The van der Waals surface area contributed by atoms with Crippen LogP contribution in [-0.4, -0.2) is 23.9 Å². The largest absolute Gasteiger partial charge is 0.348 e. The monoisotopic (exact) mass is 340 g/mol. The normalized spacial score (nSPS) is 15.0. The van der Waals surface area contributed by atoms with Gasteiger partial charge in [0, 0.05) is 36.8 Å². The van der Waals surface area contributed by atoms with Crippen LogP contribution in [0.4, 0.5) is 0 Å². The molecule has 1 aliphatic heterocycles. The maximum atomic E-state index is 12.3. The standard InChI is InChI=1S/C20H21ClN2O/c21-19-8-4-7-17(13-19)14-22-20(24)18-9-11-23(12-10-18)15-16-5-2-1-3-6-16/h1-9,13H,10-12,14-15H2,(H,22,24). The lowest BCUT2D eigenvalue weighted by Crippen LogP contribution is -2.33. The molecule has 0 saturated carbocycles. The third-order valence-corrected chi connectivity index (χ3v) is 4.41. The Balaban J connectivity index is 1.50. The van der Waals surface area contributed by atoms with Crippen molar-refractivity contribution in [3.05, 3.63) is 82.4 Å². The molecular weight excluding hydrogens is 320 g/mol. The lowest BCUT2D eigenvalue weighted by molar-refractivity contribution is -0.117. The van der Waals surface area contributed by atoms with Crippen molar-refractivity contribution in [2.45, 2.75) is 19.5 Å². The molecule has 1 N–H and O–H groups in total. The molecule has 0 atom stereocenters. The summed E-state index contributed by atoms with van der Waals surface area (Å²) in [5, 5.41) is 3.67. The van der Waals surface area contributed by atoms with Crippen LogP contribution in [0.5, 0.6) is 0 Å². The number of nitrogens with zero attached hydrogens (tertiary/aromatic N) is 1. The first-order chi connectivity index (χ1) is 11.7. The SMILES string of the molecule is O=C(NCc1cccc(Cl)c1)C1=CCN(Cc2ccccc2)CC1. The van der Waals surface area contributed by atoms with E-state index in [-0.39, 0.29) is 5.91 Å². The van der Waals surface area contributed by atoms with E-state index in [0.717, 1.165) is 37.2 Å². The van der Waals surface area contributed by atoms with Gasteiger partial charge in [-0.1, -0.05) is 60.1 Å². The number of amides is 1. The summed E-state index contributed by atoms with van der Waals surface area (Å²) in [6, 6.07) is 18.0. The summed E-state index contributed by atoms with van der Waals surface area (Å²) in [4.78, 5) is 14.6. The Labute approximate surface area is 147 Å². The van der Waals surface area contributed by atoms with Crippen LogP contribution in [0.1, 0.15) is 17.5 Å². The smallest absolute Gasteiger partial charge is 0.247 e. The molecule has 0 aromatic heterocycles. The average molecular weight is 341 g/mol. The first-order valence-corrected chi connectivity index (χ1v) is 8.56. The molecule has 0 aliphatic carbocycles. The summed E-state index contributed by atoms with van der Waals surface area (Å²) in [5.74, 6) is 0.0225. The lowest BCUT2D eigenvalue weighted by atomic mass is 10.1. The Hall–Kier alpha value is -2.10. The number of halogens is 1. The highest BCUT2D eigenvalue weighted by molar-refractivity contribution is 6.30. The van der Waals surface area contributed by atoms with Crippen molar-refractivity contribution in [2.75, 3.05) is 13.1 Å². The first kappa shape index (κ1) is 16.7. The van der Waals surface area contributed by atoms with E-state index < -0.39 is 0 Å². The third kappa shape index (κ3) is 4.70. The summed E-state index contributed by atoms with van der Waals surface area (Å²) >= 11 is 5.96. The molecule has 4 heteroatoms. The fourth-order valence-electron chi connectivity index (χ4n) is 2.85. The van der Waals surface area contributed by atoms with E-state index in [2.05, 4.69) is 34.5 Å². The minimum absolute atomic E-state index is 0.0225. The number of rotatable bonds is 5. The highest BCUT2D eigenvalue weighted by Gasteiger charge is 2.16. The maximum absolute atomic E-state index is 12.3. The molecule has 3 rings (SSSR count). The van der Waals surface area contributed by atoms with Crippen LogP contribution in [0.25, 0.3) is 0 Å². The van der Waals surface area contributed by atoms with Gasteiger partial charge in [0.05, 0.1) is 0 Å². The van der Waals surface area contributed by atoms with Gasteiger partial charge in [-0.2, -0.15) is 0 Å². The van der Waals surface area contributed by atoms with Crippen LogP contribution in [-0.2, 0) is 17.9 Å². The van der Waals surface area contributed by atoms with Crippen LogP contribution >= 0.6 is 11.6 Å². The summed E-state index contributed by atoms with van der Waals surface area (Å²) in [6.45, 7) is 3.15. The highest BCUT2D eigenvalue weighted by Crippen LogP contribution is 2.15. The molecule has 2 aromatic carbocycles. The van der Waals surface area contributed by atoms with Gasteiger partial charge in [0.15, 0.2) is 0 Å². The molecule has 124 valence electrons. The van der Waals surface area contributed by atoms with Crippen molar-refractivity contribution in [3.8, 4) is 0 Å². The Morgan fingerprint density at radius 1 is 1.08 bits per heavy atom. The second kappa shape index (κ2) is 8.13. The van der Waals surface area contributed by atoms with Gasteiger partial charge in [0.25, 0.3) is 0 Å². The van der Waals surface area contributed by atoms with E-state index in [9.17, 15) is 4.79 Å². The maximum Gasteiger partial charge on any atom is 0.247 e. The van der Waals surface area contributed by atoms with Gasteiger partial charge in [-0.25, -0.2) is 0 Å². The van der Waals surface area contributed by atoms with Gasteiger partial charge in [-0.3, -0.25) is 9.69 Å². The fourth-order valence-corrected chi connectivity index (χ4v) is 3.06. The molecule has 0 unspecified atom stereocenters. The van der Waals surface area contributed by atoms with Crippen molar-refractivity contribution in [1.82, 2.24) is 10.2 Å². The molecule has 0 radical (unpaired) electrons. The lowest BCUT2D eigenvalue weighted by Gasteiger charge is -2.26. The van der Waals surface area contributed by atoms with Crippen molar-refractivity contribution < 1.29 is 4.79 Å². The van der Waals surface area contributed by atoms with E-state index in [1.807, 2.05) is 36.4 Å². The third-order valence-electron chi connectivity index (χ3n) is 4.18. The summed E-state index contributed by atoms with van der Waals surface area (Å²) < 4.78 is 0. The van der Waals surface area contributed by atoms with E-state index in [4.69, 9.17) is 11.6 Å². The molecule has 1 amide bonds. The van der Waals surface area contributed by atoms with Gasteiger partial charge in [0.1, 0.15) is 0 Å². The summed E-state index contributed by atoms with van der Waals surface area (Å²) in [7, 11) is 0. The van der Waals surface area contributed by atoms with Crippen molar-refractivity contribution in [2.24, 2.45) is 0 Å². The number of hydrogen-bond acceptors (Lipinski definition) is 2. The molecular formula is C20H21ClN2O. The molecule has 3 nitrogen and oxygen atoms in total. The van der Waals surface area contributed by atoms with Crippen LogP contribution in [0.2, 0.25) is 5.02 Å². The minimum atomic E-state index is 0.0225. The molecule has 2 aromatic rings. The second-order valence-electron chi connectivity index (χ2n) is 6.01. The van der Waals surface area contributed by atoms with Crippen molar-refractivity contribution in [1.29, 1.82) is 0 Å². The van der Waals surface area contributed by atoms with Gasteiger partial charge in [0.2, 0.25) is 5.91 Å². The zero-order valence-electron chi connectivity index (χ0n) is 13.5. The van der Waals surface area contributed by atoms with Crippen LogP contribution in [0.15, 0.2) is 66.2 Å². The number of nitrogens with one attached hydrogen (secondary N) is 1. The predicted octanol–water partition coefficient (Wildman–Crippen LogP) is 3.79. The van der Waals surface area contributed by atoms with Crippen LogP contribution in [0, 0.1) is 0 Å². The van der Waals surface area contributed by atoms with Crippen LogP contribution < -0.4 is 5.32 Å². The topological polar surface area (TPSA) is 32.3 Å². The Morgan fingerprint density at radius 2 is 1.88 bits per heavy atom. The second-order valence-corrected chi connectivity index (χ2v) is 6.45. The molecule has 24 heavy (non-hydrogen) atoms. The zero-order valence-corrected chi connectivity index (χ0v) is 14.3. The number of benzene rings is 2. The quantitative estimate of drug-likeness (QED) is 0.898. The zero-order chi connectivity index (χ0) is 16.8. The number of hydrogen-bond donors (Lipinski definition) is 1. The summed E-state index contributed by atoms with van der Waals surface area (Å²) in [5.41, 5.74) is 3.19. The average Bonchev–Trinajstić information content (AvgIpc) is 2.61. The number of carbonyl (C=O) groups excluding carboxylic acids is 1. The molecule has 1 aliphatic rings. The summed E-state index contributed by atoms with van der Waals surface area (Å²) in [6.07, 6.45) is 2.83. The Bertz CT molecular complexity index is 727. The molecule has 0 saturated heterocycles. The van der Waals surface area contributed by atoms with E-state index in [1.54, 1.807) is 0 Å². The van der Waals surface area contributed by atoms with Gasteiger partial charge in [-0.05, 0) is 29.7 Å². The van der Waals surface area contributed by atoms with E-state index in [0.29, 0.717) is 11.6 Å². The minimum Gasteiger partial charge on any atom is -0.348 e. The predicted molar refractivity (Wildman–Crippen MR) is 97.7 cm³/mol. The van der Waals surface area contributed by atoms with E-state index in [1.165, 1.54) is 5.56 Å². The van der Waals surface area contributed by atoms with Gasteiger partial charge in [-0.15, -0.1) is 0 Å².